The Morgan fingerprint density at radius 2 is 1.65 bits per heavy atom. The molecule has 1 fully saturated rings. The van der Waals surface area contributed by atoms with Crippen molar-refractivity contribution >= 4 is 23.2 Å². The van der Waals surface area contributed by atoms with Gasteiger partial charge in [-0.3, -0.25) is 19.5 Å². The number of para-hydroxylation sites is 2. The van der Waals surface area contributed by atoms with E-state index < -0.39 is 11.8 Å². The van der Waals surface area contributed by atoms with Gasteiger partial charge in [0.05, 0.1) is 6.04 Å². The molecule has 176 valence electrons. The van der Waals surface area contributed by atoms with Crippen LogP contribution < -0.4 is 15.5 Å². The molecule has 7 nitrogen and oxygen atoms in total. The van der Waals surface area contributed by atoms with Gasteiger partial charge in [-0.2, -0.15) is 0 Å². The molecular formula is C27H31N5O2. The highest BCUT2D eigenvalue weighted by atomic mass is 16.2. The summed E-state index contributed by atoms with van der Waals surface area (Å²) >= 11 is 0. The first-order valence-corrected chi connectivity index (χ1v) is 11.8. The Bertz CT molecular complexity index is 1080. The molecule has 0 radical (unpaired) electrons. The van der Waals surface area contributed by atoms with Gasteiger partial charge in [-0.05, 0) is 41.8 Å². The first kappa shape index (κ1) is 23.4. The van der Waals surface area contributed by atoms with Crippen LogP contribution in [0, 0.1) is 0 Å². The number of carbonyl (C=O) groups excluding carboxylic acids is 2. The van der Waals surface area contributed by atoms with Crippen molar-refractivity contribution in [3.8, 4) is 0 Å². The van der Waals surface area contributed by atoms with Crippen LogP contribution in [0.3, 0.4) is 0 Å². The average Bonchev–Trinajstić information content (AvgIpc) is 2.90. The van der Waals surface area contributed by atoms with Crippen LogP contribution in [0.25, 0.3) is 0 Å². The number of amides is 2. The lowest BCUT2D eigenvalue weighted by Crippen LogP contribution is -2.50. The predicted octanol–water partition coefficient (Wildman–Crippen LogP) is 3.26. The van der Waals surface area contributed by atoms with E-state index in [2.05, 4.69) is 49.7 Å². The van der Waals surface area contributed by atoms with Crippen LogP contribution in [0.15, 0.2) is 79.1 Å². The van der Waals surface area contributed by atoms with Crippen molar-refractivity contribution < 1.29 is 9.59 Å². The third-order valence-electron chi connectivity index (χ3n) is 6.25. The van der Waals surface area contributed by atoms with Gasteiger partial charge in [-0.15, -0.1) is 0 Å². The normalized spacial score (nSPS) is 14.9. The van der Waals surface area contributed by atoms with Crippen molar-refractivity contribution in [2.45, 2.75) is 19.4 Å². The van der Waals surface area contributed by atoms with Crippen molar-refractivity contribution in [1.82, 2.24) is 15.2 Å². The smallest absolute Gasteiger partial charge is 0.313 e. The second kappa shape index (κ2) is 11.4. The van der Waals surface area contributed by atoms with Crippen molar-refractivity contribution in [2.24, 2.45) is 0 Å². The highest BCUT2D eigenvalue weighted by Gasteiger charge is 2.27. The molecule has 1 aromatic heterocycles. The summed E-state index contributed by atoms with van der Waals surface area (Å²) in [5.41, 5.74) is 3.91. The highest BCUT2D eigenvalue weighted by molar-refractivity contribution is 6.39. The van der Waals surface area contributed by atoms with Crippen LogP contribution in [0.1, 0.15) is 24.1 Å². The van der Waals surface area contributed by atoms with E-state index in [1.807, 2.05) is 55.6 Å². The SMILES string of the molecule is CCc1ccccc1NC(=O)C(=O)NC[C@@H](c1cccnc1)N1CCN(c2ccccc2)CC1. The molecule has 0 aliphatic carbocycles. The zero-order chi connectivity index (χ0) is 23.8. The molecular weight excluding hydrogens is 426 g/mol. The molecule has 2 heterocycles. The van der Waals surface area contributed by atoms with Gasteiger partial charge < -0.3 is 15.5 Å². The highest BCUT2D eigenvalue weighted by Crippen LogP contribution is 2.23. The minimum atomic E-state index is -0.653. The molecule has 1 atom stereocenters. The zero-order valence-electron chi connectivity index (χ0n) is 19.5. The van der Waals surface area contributed by atoms with E-state index in [-0.39, 0.29) is 6.04 Å². The number of pyridine rings is 1. The van der Waals surface area contributed by atoms with Crippen molar-refractivity contribution in [2.75, 3.05) is 42.9 Å². The summed E-state index contributed by atoms with van der Waals surface area (Å²) in [6, 6.07) is 21.8. The van der Waals surface area contributed by atoms with E-state index in [0.717, 1.165) is 43.7 Å². The summed E-state index contributed by atoms with van der Waals surface area (Å²) in [5.74, 6) is -1.29. The number of hydrogen-bond donors (Lipinski definition) is 2. The number of benzene rings is 2. The Kier molecular flexibility index (Phi) is 7.88. The van der Waals surface area contributed by atoms with E-state index in [9.17, 15) is 9.59 Å². The zero-order valence-corrected chi connectivity index (χ0v) is 19.5. The van der Waals surface area contributed by atoms with Crippen molar-refractivity contribution in [1.29, 1.82) is 0 Å². The summed E-state index contributed by atoms with van der Waals surface area (Å²) in [7, 11) is 0. The Hall–Kier alpha value is -3.71. The number of piperazine rings is 1. The van der Waals surface area contributed by atoms with Crippen LogP contribution in [-0.2, 0) is 16.0 Å². The van der Waals surface area contributed by atoms with Crippen LogP contribution in [0.2, 0.25) is 0 Å². The Labute approximate surface area is 200 Å². The van der Waals surface area contributed by atoms with E-state index in [4.69, 9.17) is 0 Å². The van der Waals surface area contributed by atoms with Crippen LogP contribution in [-0.4, -0.2) is 54.4 Å². The second-order valence-electron chi connectivity index (χ2n) is 8.34. The molecule has 7 heteroatoms. The van der Waals surface area contributed by atoms with Crippen LogP contribution in [0.4, 0.5) is 11.4 Å². The minimum Gasteiger partial charge on any atom is -0.369 e. The number of carbonyl (C=O) groups is 2. The molecule has 3 aromatic rings. The van der Waals surface area contributed by atoms with Gasteiger partial charge in [0.15, 0.2) is 0 Å². The molecule has 2 N–H and O–H groups in total. The van der Waals surface area contributed by atoms with E-state index >= 15 is 0 Å². The summed E-state index contributed by atoms with van der Waals surface area (Å²) in [6.45, 7) is 5.83. The Balaban J connectivity index is 1.39. The molecule has 0 bridgehead atoms. The standard InChI is InChI=1S/C27H31N5O2/c1-2-21-9-6-7-13-24(21)30-27(34)26(33)29-20-25(22-10-8-14-28-19-22)32-17-15-31(16-18-32)23-11-4-3-5-12-23/h3-14,19,25H,2,15-18,20H2,1H3,(H,29,33)(H,30,34)/t25-/m0/s1. The summed E-state index contributed by atoms with van der Waals surface area (Å²) in [5, 5.41) is 5.59. The summed E-state index contributed by atoms with van der Waals surface area (Å²) in [6.07, 6.45) is 4.35. The lowest BCUT2D eigenvalue weighted by molar-refractivity contribution is -0.136. The molecule has 4 rings (SSSR count). The van der Waals surface area contributed by atoms with Gasteiger partial charge in [0.2, 0.25) is 0 Å². The molecule has 1 aliphatic heterocycles. The molecule has 0 unspecified atom stereocenters. The molecule has 2 aromatic carbocycles. The van der Waals surface area contributed by atoms with Gasteiger partial charge >= 0.3 is 11.8 Å². The fourth-order valence-electron chi connectivity index (χ4n) is 4.36. The van der Waals surface area contributed by atoms with Crippen LogP contribution in [0.5, 0.6) is 0 Å². The molecule has 2 amide bonds. The number of hydrogen-bond acceptors (Lipinski definition) is 5. The summed E-state index contributed by atoms with van der Waals surface area (Å²) in [4.78, 5) is 34.2. The molecule has 0 spiro atoms. The molecule has 1 saturated heterocycles. The topological polar surface area (TPSA) is 77.6 Å². The van der Waals surface area contributed by atoms with Crippen LogP contribution >= 0.6 is 0 Å². The number of rotatable bonds is 7. The maximum Gasteiger partial charge on any atom is 0.313 e. The third kappa shape index (κ3) is 5.80. The first-order chi connectivity index (χ1) is 16.7. The van der Waals surface area contributed by atoms with Crippen molar-refractivity contribution in [3.63, 3.8) is 0 Å². The minimum absolute atomic E-state index is 0.0636. The fraction of sp³-hybridized carbons (Fsp3) is 0.296. The second-order valence-corrected chi connectivity index (χ2v) is 8.34. The average molecular weight is 458 g/mol. The number of nitrogens with zero attached hydrogens (tertiary/aromatic N) is 3. The van der Waals surface area contributed by atoms with Gasteiger partial charge in [-0.25, -0.2) is 0 Å². The van der Waals surface area contributed by atoms with Gasteiger partial charge in [-0.1, -0.05) is 49.4 Å². The molecule has 1 aliphatic rings. The molecule has 0 saturated carbocycles. The lowest BCUT2D eigenvalue weighted by Gasteiger charge is -2.40. The number of aryl methyl sites for hydroxylation is 1. The first-order valence-electron chi connectivity index (χ1n) is 11.8. The number of anilines is 2. The lowest BCUT2D eigenvalue weighted by atomic mass is 10.1. The number of aromatic nitrogens is 1. The third-order valence-corrected chi connectivity index (χ3v) is 6.25. The van der Waals surface area contributed by atoms with Gasteiger partial charge in [0.1, 0.15) is 0 Å². The maximum absolute atomic E-state index is 12.6. The van der Waals surface area contributed by atoms with Gasteiger partial charge in [0.25, 0.3) is 0 Å². The quantitative estimate of drug-likeness (QED) is 0.533. The Morgan fingerprint density at radius 3 is 2.35 bits per heavy atom. The van der Waals surface area contributed by atoms with E-state index in [1.54, 1.807) is 6.20 Å². The maximum atomic E-state index is 12.6. The Morgan fingerprint density at radius 1 is 0.912 bits per heavy atom. The van der Waals surface area contributed by atoms with Gasteiger partial charge in [0, 0.05) is 56.5 Å². The number of nitrogens with one attached hydrogen (secondary N) is 2. The van der Waals surface area contributed by atoms with Crippen molar-refractivity contribution in [3.05, 3.63) is 90.3 Å². The van der Waals surface area contributed by atoms with E-state index in [1.165, 1.54) is 5.69 Å². The predicted molar refractivity (Wildman–Crippen MR) is 135 cm³/mol. The monoisotopic (exact) mass is 457 g/mol. The summed E-state index contributed by atoms with van der Waals surface area (Å²) < 4.78 is 0. The fourth-order valence-corrected chi connectivity index (χ4v) is 4.36. The largest absolute Gasteiger partial charge is 0.369 e. The molecule has 34 heavy (non-hydrogen) atoms. The van der Waals surface area contributed by atoms with E-state index in [0.29, 0.717) is 12.2 Å².